The normalized spacial score (nSPS) is 17.9. The zero-order chi connectivity index (χ0) is 26.2. The number of ether oxygens (including phenoxy) is 3. The van der Waals surface area contributed by atoms with Gasteiger partial charge in [0.15, 0.2) is 0 Å². The molecular weight excluding hydrogens is 472 g/mol. The number of hydrogen-bond donors (Lipinski definition) is 0. The van der Waals surface area contributed by atoms with Crippen molar-refractivity contribution in [1.29, 1.82) is 0 Å². The number of morpholine rings is 1. The summed E-state index contributed by atoms with van der Waals surface area (Å²) in [5.74, 6) is 1.06. The molecule has 198 valence electrons. The van der Waals surface area contributed by atoms with Gasteiger partial charge in [0.05, 0.1) is 39.2 Å². The first-order valence-corrected chi connectivity index (χ1v) is 12.8. The maximum Gasteiger partial charge on any atom is 0.262 e. The molecule has 2 aliphatic heterocycles. The van der Waals surface area contributed by atoms with Gasteiger partial charge in [-0.05, 0) is 17.7 Å². The average molecular weight is 509 g/mol. The van der Waals surface area contributed by atoms with E-state index in [-0.39, 0.29) is 24.4 Å². The molecule has 9 nitrogen and oxygen atoms in total. The van der Waals surface area contributed by atoms with Gasteiger partial charge in [0.25, 0.3) is 5.91 Å². The van der Waals surface area contributed by atoms with Crippen molar-refractivity contribution in [2.75, 3.05) is 60.2 Å². The number of hydrogen-bond acceptors (Lipinski definition) is 7. The van der Waals surface area contributed by atoms with Crippen LogP contribution in [0.5, 0.6) is 11.5 Å². The minimum Gasteiger partial charge on any atom is -0.497 e. The molecule has 4 rings (SSSR count). The number of amides is 2. The number of benzene rings is 2. The van der Waals surface area contributed by atoms with Crippen LogP contribution in [-0.2, 0) is 14.3 Å². The van der Waals surface area contributed by atoms with E-state index in [0.29, 0.717) is 50.6 Å². The molecule has 1 saturated heterocycles. The van der Waals surface area contributed by atoms with Crippen LogP contribution in [0, 0.1) is 0 Å². The predicted molar refractivity (Wildman–Crippen MR) is 141 cm³/mol. The zero-order valence-corrected chi connectivity index (χ0v) is 21.9. The van der Waals surface area contributed by atoms with E-state index in [4.69, 9.17) is 19.3 Å². The molecule has 0 bridgehead atoms. The summed E-state index contributed by atoms with van der Waals surface area (Å²) in [5.41, 5.74) is 2.56. The average Bonchev–Trinajstić information content (AvgIpc) is 3.41. The molecule has 1 atom stereocenters. The van der Waals surface area contributed by atoms with Crippen molar-refractivity contribution in [3.63, 3.8) is 0 Å². The van der Waals surface area contributed by atoms with Crippen molar-refractivity contribution in [3.05, 3.63) is 59.7 Å². The quantitative estimate of drug-likeness (QED) is 0.491. The predicted octanol–water partition coefficient (Wildman–Crippen LogP) is 2.95. The Balaban J connectivity index is 1.57. The fourth-order valence-corrected chi connectivity index (χ4v) is 4.71. The summed E-state index contributed by atoms with van der Waals surface area (Å²) >= 11 is 0. The topological polar surface area (TPSA) is 83.9 Å². The van der Waals surface area contributed by atoms with Crippen LogP contribution in [0.25, 0.3) is 0 Å². The van der Waals surface area contributed by atoms with Crippen LogP contribution < -0.4 is 9.47 Å². The highest BCUT2D eigenvalue weighted by atomic mass is 16.5. The summed E-state index contributed by atoms with van der Waals surface area (Å²) in [5, 5.41) is 6.32. The van der Waals surface area contributed by atoms with Gasteiger partial charge in [-0.25, -0.2) is 5.01 Å². The second-order valence-corrected chi connectivity index (χ2v) is 9.10. The van der Waals surface area contributed by atoms with Crippen LogP contribution >= 0.6 is 0 Å². The fraction of sp³-hybridized carbons (Fsp3) is 0.464. The van der Waals surface area contributed by atoms with Crippen molar-refractivity contribution in [2.24, 2.45) is 5.10 Å². The maximum absolute atomic E-state index is 13.7. The van der Waals surface area contributed by atoms with Crippen molar-refractivity contribution in [3.8, 4) is 11.5 Å². The number of methoxy groups -OCH3 is 2. The summed E-state index contributed by atoms with van der Waals surface area (Å²) in [6, 6.07) is 15.2. The summed E-state index contributed by atoms with van der Waals surface area (Å²) in [6.45, 7) is 6.07. The monoisotopic (exact) mass is 508 g/mol. The third-order valence-corrected chi connectivity index (χ3v) is 6.84. The van der Waals surface area contributed by atoms with Gasteiger partial charge in [-0.15, -0.1) is 0 Å². The molecule has 2 aromatic rings. The minimum absolute atomic E-state index is 0.0170. The lowest BCUT2D eigenvalue weighted by molar-refractivity contribution is -0.141. The van der Waals surface area contributed by atoms with Gasteiger partial charge in [-0.2, -0.15) is 5.10 Å². The van der Waals surface area contributed by atoms with Crippen LogP contribution in [0.15, 0.2) is 53.6 Å². The highest BCUT2D eigenvalue weighted by molar-refractivity contribution is 6.05. The van der Waals surface area contributed by atoms with Gasteiger partial charge in [0, 0.05) is 50.7 Å². The Morgan fingerprint density at radius 1 is 1.08 bits per heavy atom. The van der Waals surface area contributed by atoms with Gasteiger partial charge >= 0.3 is 0 Å². The van der Waals surface area contributed by atoms with E-state index in [9.17, 15) is 9.59 Å². The lowest BCUT2D eigenvalue weighted by Crippen LogP contribution is -2.46. The molecule has 0 aliphatic carbocycles. The van der Waals surface area contributed by atoms with Gasteiger partial charge in [0.1, 0.15) is 18.0 Å². The van der Waals surface area contributed by atoms with Gasteiger partial charge in [-0.3, -0.25) is 14.5 Å². The van der Waals surface area contributed by atoms with Crippen molar-refractivity contribution < 1.29 is 23.8 Å². The molecule has 0 spiro atoms. The molecule has 0 N–H and O–H groups in total. The van der Waals surface area contributed by atoms with Gasteiger partial charge in [-0.1, -0.05) is 37.3 Å². The van der Waals surface area contributed by atoms with Crippen LogP contribution in [-0.4, -0.2) is 92.5 Å². The molecule has 0 aromatic heterocycles. The zero-order valence-electron chi connectivity index (χ0n) is 21.9. The fourth-order valence-electron chi connectivity index (χ4n) is 4.71. The second kappa shape index (κ2) is 12.7. The number of hydrazone groups is 1. The first-order chi connectivity index (χ1) is 18.0. The van der Waals surface area contributed by atoms with Crippen molar-refractivity contribution in [2.45, 2.75) is 25.8 Å². The third kappa shape index (κ3) is 6.47. The number of carbonyl (C=O) groups is 2. The second-order valence-electron chi connectivity index (χ2n) is 9.10. The molecule has 2 amide bonds. The summed E-state index contributed by atoms with van der Waals surface area (Å²) in [6.07, 6.45) is 0.879. The van der Waals surface area contributed by atoms with Crippen molar-refractivity contribution >= 4 is 17.5 Å². The van der Waals surface area contributed by atoms with E-state index in [1.54, 1.807) is 24.1 Å². The Bertz CT molecular complexity index is 1100. The summed E-state index contributed by atoms with van der Waals surface area (Å²) < 4.78 is 16.4. The molecule has 0 saturated carbocycles. The molecule has 9 heteroatoms. The van der Waals surface area contributed by atoms with E-state index >= 15 is 0 Å². The van der Waals surface area contributed by atoms with E-state index in [2.05, 4.69) is 4.90 Å². The maximum atomic E-state index is 13.7. The lowest BCUT2D eigenvalue weighted by atomic mass is 9.98. The molecule has 2 heterocycles. The standard InChI is InChI=1S/C28H36N4O5/c1-4-27(33)31(13-12-30-14-16-37-17-15-30)20-28(34)32-25(21-8-6-5-7-9-21)19-24(29-32)23-11-10-22(35-2)18-26(23)36-3/h5-11,18,25H,4,12-17,19-20H2,1-3H3. The Morgan fingerprint density at radius 2 is 1.84 bits per heavy atom. The SMILES string of the molecule is CCC(=O)N(CCN1CCOCC1)CC(=O)N1N=C(c2ccc(OC)cc2OC)CC1c1ccccc1. The minimum atomic E-state index is -0.270. The lowest BCUT2D eigenvalue weighted by Gasteiger charge is -2.31. The molecule has 2 aliphatic rings. The van der Waals surface area contributed by atoms with Crippen LogP contribution in [0.4, 0.5) is 0 Å². The highest BCUT2D eigenvalue weighted by Crippen LogP contribution is 2.36. The van der Waals surface area contributed by atoms with Crippen LogP contribution in [0.1, 0.15) is 36.9 Å². The first kappa shape index (κ1) is 26.6. The highest BCUT2D eigenvalue weighted by Gasteiger charge is 2.35. The van der Waals surface area contributed by atoms with E-state index < -0.39 is 0 Å². The number of carbonyl (C=O) groups excluding carboxylic acids is 2. The Morgan fingerprint density at radius 3 is 2.51 bits per heavy atom. The van der Waals surface area contributed by atoms with E-state index in [1.807, 2.05) is 55.5 Å². The van der Waals surface area contributed by atoms with E-state index in [0.717, 1.165) is 29.9 Å². The molecular formula is C28H36N4O5. The summed E-state index contributed by atoms with van der Waals surface area (Å²) in [4.78, 5) is 30.4. The summed E-state index contributed by atoms with van der Waals surface area (Å²) in [7, 11) is 3.21. The van der Waals surface area contributed by atoms with Gasteiger partial charge in [0.2, 0.25) is 5.91 Å². The Hall–Kier alpha value is -3.43. The molecule has 1 unspecified atom stereocenters. The van der Waals surface area contributed by atoms with Crippen LogP contribution in [0.3, 0.4) is 0 Å². The van der Waals surface area contributed by atoms with Crippen molar-refractivity contribution in [1.82, 2.24) is 14.8 Å². The molecule has 0 radical (unpaired) electrons. The first-order valence-electron chi connectivity index (χ1n) is 12.8. The van der Waals surface area contributed by atoms with Crippen LogP contribution in [0.2, 0.25) is 0 Å². The van der Waals surface area contributed by atoms with Gasteiger partial charge < -0.3 is 19.1 Å². The third-order valence-electron chi connectivity index (χ3n) is 6.84. The number of rotatable bonds is 10. The molecule has 37 heavy (non-hydrogen) atoms. The largest absolute Gasteiger partial charge is 0.497 e. The Kier molecular flexibility index (Phi) is 9.14. The molecule has 2 aromatic carbocycles. The van der Waals surface area contributed by atoms with E-state index in [1.165, 1.54) is 0 Å². The molecule has 1 fully saturated rings. The number of nitrogens with zero attached hydrogens (tertiary/aromatic N) is 4. The Labute approximate surface area is 218 Å². The smallest absolute Gasteiger partial charge is 0.262 e.